The highest BCUT2D eigenvalue weighted by Gasteiger charge is 2.26. The van der Waals surface area contributed by atoms with Gasteiger partial charge in [-0.05, 0) is 34.2 Å². The van der Waals surface area contributed by atoms with Crippen molar-refractivity contribution in [1.82, 2.24) is 15.1 Å². The Hall–Kier alpha value is -3.73. The Morgan fingerprint density at radius 3 is 1.91 bits per heavy atom. The maximum Gasteiger partial charge on any atom is 0.247 e. The molecule has 1 amide bonds. The summed E-state index contributed by atoms with van der Waals surface area (Å²) < 4.78 is 5.89. The molecule has 3 aromatic carbocycles. The highest BCUT2D eigenvalue weighted by molar-refractivity contribution is 5.87. The molecule has 0 saturated heterocycles. The molecule has 1 heterocycles. The summed E-state index contributed by atoms with van der Waals surface area (Å²) in [6.45, 7) is 6.77. The number of carbonyl (C=O) groups excluding carboxylic acids is 1. The van der Waals surface area contributed by atoms with Crippen LogP contribution in [0, 0.1) is 0 Å². The molecule has 5 nitrogen and oxygen atoms in total. The first-order valence-electron chi connectivity index (χ1n) is 11.1. The number of hydrogen-bond acceptors (Lipinski definition) is 4. The van der Waals surface area contributed by atoms with Crippen molar-refractivity contribution in [2.75, 3.05) is 7.05 Å². The van der Waals surface area contributed by atoms with Gasteiger partial charge in [0.25, 0.3) is 0 Å². The summed E-state index contributed by atoms with van der Waals surface area (Å²) >= 11 is 0. The summed E-state index contributed by atoms with van der Waals surface area (Å²) in [5.41, 5.74) is 4.08. The van der Waals surface area contributed by atoms with Gasteiger partial charge in [0.1, 0.15) is 0 Å². The third-order valence-electron chi connectivity index (χ3n) is 5.73. The second kappa shape index (κ2) is 9.41. The molecule has 0 bridgehead atoms. The molecular weight excluding hydrogens is 410 g/mol. The SMILES string of the molecule is CN(Cc1nnc(-c2ccc(C(C)(C)C)cc2)o1)C(=O)C(c1ccccc1)c1ccccc1. The summed E-state index contributed by atoms with van der Waals surface area (Å²) in [4.78, 5) is 15.1. The average Bonchev–Trinajstić information content (AvgIpc) is 3.28. The van der Waals surface area contributed by atoms with Gasteiger partial charge in [0, 0.05) is 12.6 Å². The molecule has 0 fully saturated rings. The van der Waals surface area contributed by atoms with Crippen LogP contribution in [-0.2, 0) is 16.8 Å². The fraction of sp³-hybridized carbons (Fsp3) is 0.250. The summed E-state index contributed by atoms with van der Waals surface area (Å²) in [6, 6.07) is 27.8. The van der Waals surface area contributed by atoms with Crippen LogP contribution in [-0.4, -0.2) is 28.1 Å². The summed E-state index contributed by atoms with van der Waals surface area (Å²) in [7, 11) is 1.77. The van der Waals surface area contributed by atoms with E-state index in [4.69, 9.17) is 4.42 Å². The Morgan fingerprint density at radius 2 is 1.39 bits per heavy atom. The van der Waals surface area contributed by atoms with Crippen molar-refractivity contribution in [2.45, 2.75) is 38.6 Å². The smallest absolute Gasteiger partial charge is 0.247 e. The number of nitrogens with zero attached hydrogens (tertiary/aromatic N) is 3. The maximum absolute atomic E-state index is 13.5. The lowest BCUT2D eigenvalue weighted by atomic mass is 9.87. The van der Waals surface area contributed by atoms with Crippen molar-refractivity contribution in [2.24, 2.45) is 0 Å². The van der Waals surface area contributed by atoms with Crippen LogP contribution < -0.4 is 0 Å². The Morgan fingerprint density at radius 1 is 0.848 bits per heavy atom. The van der Waals surface area contributed by atoms with Gasteiger partial charge in [0.15, 0.2) is 0 Å². The third kappa shape index (κ3) is 5.20. The van der Waals surface area contributed by atoms with Gasteiger partial charge in [0.2, 0.25) is 17.7 Å². The van der Waals surface area contributed by atoms with E-state index in [1.165, 1.54) is 5.56 Å². The number of likely N-dealkylation sites (N-methyl/N-ethyl adjacent to an activating group) is 1. The minimum absolute atomic E-state index is 0.0262. The van der Waals surface area contributed by atoms with Gasteiger partial charge in [-0.3, -0.25) is 4.79 Å². The molecule has 168 valence electrons. The van der Waals surface area contributed by atoms with Crippen LogP contribution in [0.25, 0.3) is 11.5 Å². The van der Waals surface area contributed by atoms with Crippen molar-refractivity contribution in [3.63, 3.8) is 0 Å². The number of hydrogen-bond donors (Lipinski definition) is 0. The molecule has 0 aliphatic heterocycles. The van der Waals surface area contributed by atoms with Crippen molar-refractivity contribution in [1.29, 1.82) is 0 Å². The van der Waals surface area contributed by atoms with Crippen LogP contribution in [0.2, 0.25) is 0 Å². The van der Waals surface area contributed by atoms with E-state index in [0.29, 0.717) is 11.8 Å². The molecule has 5 heteroatoms. The van der Waals surface area contributed by atoms with Gasteiger partial charge >= 0.3 is 0 Å². The van der Waals surface area contributed by atoms with Crippen molar-refractivity contribution in [3.8, 4) is 11.5 Å². The molecule has 0 aliphatic rings. The second-order valence-electron chi connectivity index (χ2n) is 9.28. The molecular formula is C28H29N3O2. The third-order valence-corrected chi connectivity index (χ3v) is 5.73. The normalized spacial score (nSPS) is 11.5. The van der Waals surface area contributed by atoms with Gasteiger partial charge in [-0.25, -0.2) is 0 Å². The highest BCUT2D eigenvalue weighted by Crippen LogP contribution is 2.28. The highest BCUT2D eigenvalue weighted by atomic mass is 16.4. The minimum atomic E-state index is -0.398. The summed E-state index contributed by atoms with van der Waals surface area (Å²) in [5.74, 6) is 0.431. The second-order valence-corrected chi connectivity index (χ2v) is 9.28. The molecule has 0 aliphatic carbocycles. The number of carbonyl (C=O) groups is 1. The molecule has 4 rings (SSSR count). The summed E-state index contributed by atoms with van der Waals surface area (Å²) in [6.07, 6.45) is 0. The number of rotatable bonds is 6. The van der Waals surface area contributed by atoms with Crippen LogP contribution in [0.1, 0.15) is 49.3 Å². The molecule has 0 spiro atoms. The molecule has 33 heavy (non-hydrogen) atoms. The zero-order valence-corrected chi connectivity index (χ0v) is 19.5. The quantitative estimate of drug-likeness (QED) is 0.380. The predicted molar refractivity (Wildman–Crippen MR) is 130 cm³/mol. The van der Waals surface area contributed by atoms with Gasteiger partial charge in [-0.2, -0.15) is 0 Å². The van der Waals surface area contributed by atoms with E-state index in [1.54, 1.807) is 11.9 Å². The Bertz CT molecular complexity index is 1150. The van der Waals surface area contributed by atoms with E-state index >= 15 is 0 Å². The van der Waals surface area contributed by atoms with Crippen molar-refractivity contribution < 1.29 is 9.21 Å². The maximum atomic E-state index is 13.5. The lowest BCUT2D eigenvalue weighted by Crippen LogP contribution is -2.32. The minimum Gasteiger partial charge on any atom is -0.419 e. The first-order chi connectivity index (χ1) is 15.8. The van der Waals surface area contributed by atoms with E-state index in [0.717, 1.165) is 16.7 Å². The van der Waals surface area contributed by atoms with Gasteiger partial charge in [-0.1, -0.05) is 93.6 Å². The molecule has 0 radical (unpaired) electrons. The number of aromatic nitrogens is 2. The number of amides is 1. The van der Waals surface area contributed by atoms with E-state index in [2.05, 4.69) is 43.1 Å². The number of benzene rings is 3. The van der Waals surface area contributed by atoms with E-state index in [9.17, 15) is 4.79 Å². The fourth-order valence-electron chi connectivity index (χ4n) is 3.82. The van der Waals surface area contributed by atoms with E-state index in [1.807, 2.05) is 72.8 Å². The van der Waals surface area contributed by atoms with Crippen LogP contribution in [0.3, 0.4) is 0 Å². The van der Waals surface area contributed by atoms with Crippen LogP contribution >= 0.6 is 0 Å². The first kappa shape index (κ1) is 22.5. The molecule has 0 unspecified atom stereocenters. The Labute approximate surface area is 195 Å². The Kier molecular flexibility index (Phi) is 6.40. The zero-order valence-electron chi connectivity index (χ0n) is 19.5. The van der Waals surface area contributed by atoms with E-state index in [-0.39, 0.29) is 17.9 Å². The standard InChI is InChI=1S/C28H29N3O2/c1-28(2,3)23-17-15-22(16-18-23)26-30-29-24(33-26)19-31(4)27(32)25(20-11-7-5-8-12-20)21-13-9-6-10-14-21/h5-18,25H,19H2,1-4H3. The fourth-order valence-corrected chi connectivity index (χ4v) is 3.82. The Balaban J connectivity index is 1.52. The lowest BCUT2D eigenvalue weighted by molar-refractivity contribution is -0.131. The molecule has 0 saturated carbocycles. The van der Waals surface area contributed by atoms with Crippen molar-refractivity contribution in [3.05, 3.63) is 108 Å². The zero-order chi connectivity index (χ0) is 23.4. The van der Waals surface area contributed by atoms with Crippen LogP contribution in [0.15, 0.2) is 89.3 Å². The van der Waals surface area contributed by atoms with Gasteiger partial charge in [0.05, 0.1) is 12.5 Å². The molecule has 4 aromatic rings. The summed E-state index contributed by atoms with van der Waals surface area (Å²) in [5, 5.41) is 8.38. The first-order valence-corrected chi connectivity index (χ1v) is 11.1. The van der Waals surface area contributed by atoms with Crippen LogP contribution in [0.5, 0.6) is 0 Å². The van der Waals surface area contributed by atoms with Gasteiger partial charge < -0.3 is 9.32 Å². The van der Waals surface area contributed by atoms with Crippen molar-refractivity contribution >= 4 is 5.91 Å². The molecule has 0 atom stereocenters. The lowest BCUT2D eigenvalue weighted by Gasteiger charge is -2.23. The van der Waals surface area contributed by atoms with Crippen LogP contribution in [0.4, 0.5) is 0 Å². The predicted octanol–water partition coefficient (Wildman–Crippen LogP) is 5.82. The van der Waals surface area contributed by atoms with E-state index < -0.39 is 5.92 Å². The largest absolute Gasteiger partial charge is 0.419 e. The topological polar surface area (TPSA) is 59.2 Å². The monoisotopic (exact) mass is 439 g/mol. The van der Waals surface area contributed by atoms with Gasteiger partial charge in [-0.15, -0.1) is 10.2 Å². The average molecular weight is 440 g/mol. The molecule has 0 N–H and O–H groups in total. The molecule has 1 aromatic heterocycles.